The summed E-state index contributed by atoms with van der Waals surface area (Å²) in [5.74, 6) is 0. The minimum absolute atomic E-state index is 0.0305. The average molecular weight is 211 g/mol. The average Bonchev–Trinajstić information content (AvgIpc) is 2.39. The van der Waals surface area contributed by atoms with E-state index in [0.717, 1.165) is 25.5 Å². The Balaban J connectivity index is 2.79. The zero-order valence-corrected chi connectivity index (χ0v) is 8.53. The van der Waals surface area contributed by atoms with E-state index in [4.69, 9.17) is 10.8 Å². The van der Waals surface area contributed by atoms with Gasteiger partial charge in [-0.3, -0.25) is 0 Å². The Morgan fingerprint density at radius 2 is 2.23 bits per heavy atom. The number of nitrogens with two attached hydrogens (primary N) is 1. The van der Waals surface area contributed by atoms with Gasteiger partial charge in [0.25, 0.3) is 0 Å². The summed E-state index contributed by atoms with van der Waals surface area (Å²) in [6.45, 7) is 0.0305. The fourth-order valence-corrected chi connectivity index (χ4v) is 2.79. The number of rotatable bonds is 1. The maximum atomic E-state index is 9.10. The Morgan fingerprint density at radius 3 is 2.92 bits per heavy atom. The zero-order valence-electron chi connectivity index (χ0n) is 6.82. The molecule has 1 aromatic carbocycles. The van der Waals surface area contributed by atoms with Gasteiger partial charge in [-0.2, -0.15) is 0 Å². The van der Waals surface area contributed by atoms with Gasteiger partial charge in [0.15, 0.2) is 0 Å². The van der Waals surface area contributed by atoms with Gasteiger partial charge in [0, 0.05) is 16.0 Å². The van der Waals surface area contributed by atoms with Crippen LogP contribution in [0.2, 0.25) is 0 Å². The molecular weight excluding hydrogens is 202 g/mol. The first-order valence-corrected chi connectivity index (χ1v) is 5.09. The van der Waals surface area contributed by atoms with Crippen molar-refractivity contribution in [3.05, 3.63) is 23.8 Å². The van der Waals surface area contributed by atoms with E-state index in [9.17, 15) is 0 Å². The first-order valence-electron chi connectivity index (χ1n) is 3.83. The van der Waals surface area contributed by atoms with Crippen LogP contribution in [0.1, 0.15) is 5.56 Å². The van der Waals surface area contributed by atoms with E-state index in [-0.39, 0.29) is 6.61 Å². The Labute approximate surface area is 85.4 Å². The highest BCUT2D eigenvalue weighted by atomic mass is 32.2. The number of benzene rings is 1. The van der Waals surface area contributed by atoms with E-state index in [0.29, 0.717) is 0 Å². The number of anilines is 1. The van der Waals surface area contributed by atoms with Crippen molar-refractivity contribution in [1.29, 1.82) is 0 Å². The lowest BCUT2D eigenvalue weighted by atomic mass is 10.2. The van der Waals surface area contributed by atoms with Crippen molar-refractivity contribution in [2.45, 2.75) is 10.8 Å². The monoisotopic (exact) mass is 211 g/mol. The third-order valence-corrected chi connectivity index (χ3v) is 3.49. The molecule has 0 bridgehead atoms. The highest BCUT2D eigenvalue weighted by Gasteiger charge is 2.07. The smallest absolute Gasteiger partial charge is 0.0707 e. The summed E-state index contributed by atoms with van der Waals surface area (Å²) in [5.41, 5.74) is 7.28. The summed E-state index contributed by atoms with van der Waals surface area (Å²) in [6.07, 6.45) is 0. The van der Waals surface area contributed by atoms with Gasteiger partial charge in [-0.1, -0.05) is 6.07 Å². The first-order chi connectivity index (χ1) is 6.22. The summed E-state index contributed by atoms with van der Waals surface area (Å²) >= 11 is 5.83. The second-order valence-corrected chi connectivity index (χ2v) is 4.60. The second kappa shape index (κ2) is 3.21. The molecule has 1 heterocycles. The largest absolute Gasteiger partial charge is 0.399 e. The molecule has 0 aliphatic carbocycles. The number of aliphatic hydroxyl groups excluding tert-OH is 1. The molecule has 0 radical (unpaired) electrons. The maximum Gasteiger partial charge on any atom is 0.0707 e. The van der Waals surface area contributed by atoms with E-state index < -0.39 is 0 Å². The van der Waals surface area contributed by atoms with Crippen molar-refractivity contribution >= 4 is 39.7 Å². The van der Waals surface area contributed by atoms with Gasteiger partial charge in [0.05, 0.1) is 10.8 Å². The number of aliphatic hydroxyl groups is 1. The third-order valence-electron chi connectivity index (χ3n) is 1.95. The fraction of sp³-hybridized carbons (Fsp3) is 0.111. The molecule has 0 fully saturated rings. The Kier molecular flexibility index (Phi) is 2.19. The van der Waals surface area contributed by atoms with Gasteiger partial charge in [-0.25, -0.2) is 0 Å². The Bertz CT molecular complexity index is 450. The van der Waals surface area contributed by atoms with Crippen LogP contribution in [-0.2, 0) is 6.61 Å². The van der Waals surface area contributed by atoms with Gasteiger partial charge < -0.3 is 10.8 Å². The van der Waals surface area contributed by atoms with Gasteiger partial charge in [0.1, 0.15) is 0 Å². The lowest BCUT2D eigenvalue weighted by molar-refractivity contribution is 0.281. The number of thiophene rings is 1. The quantitative estimate of drug-likeness (QED) is 0.500. The highest BCUT2D eigenvalue weighted by Crippen LogP contribution is 2.34. The first kappa shape index (κ1) is 8.87. The van der Waals surface area contributed by atoms with E-state index in [1.807, 2.05) is 18.2 Å². The van der Waals surface area contributed by atoms with Crippen molar-refractivity contribution < 1.29 is 5.11 Å². The standard InChI is InChI=1S/C9H9NOS2/c10-5-1-2-6-7(4-11)9(12)13-8(6)3-5/h1-3,11-12H,4,10H2. The molecule has 0 aliphatic rings. The van der Waals surface area contributed by atoms with Gasteiger partial charge in [-0.05, 0) is 17.5 Å². The van der Waals surface area contributed by atoms with E-state index >= 15 is 0 Å². The lowest BCUT2D eigenvalue weighted by Gasteiger charge is -1.95. The van der Waals surface area contributed by atoms with Crippen LogP contribution in [0.4, 0.5) is 5.69 Å². The molecule has 4 heteroatoms. The van der Waals surface area contributed by atoms with Crippen LogP contribution in [0.3, 0.4) is 0 Å². The number of hydrogen-bond acceptors (Lipinski definition) is 4. The molecule has 2 nitrogen and oxygen atoms in total. The van der Waals surface area contributed by atoms with Crippen molar-refractivity contribution in [3.63, 3.8) is 0 Å². The molecule has 0 aliphatic heterocycles. The molecule has 0 saturated carbocycles. The van der Waals surface area contributed by atoms with E-state index in [1.54, 1.807) is 11.3 Å². The summed E-state index contributed by atoms with van der Waals surface area (Å²) in [5, 5.41) is 10.1. The lowest BCUT2D eigenvalue weighted by Crippen LogP contribution is -1.83. The van der Waals surface area contributed by atoms with Gasteiger partial charge in [-0.15, -0.1) is 24.0 Å². The number of fused-ring (bicyclic) bond motifs is 1. The molecule has 0 spiro atoms. The molecule has 68 valence electrons. The molecule has 1 aromatic heterocycles. The zero-order chi connectivity index (χ0) is 9.42. The molecule has 2 aromatic rings. The van der Waals surface area contributed by atoms with Gasteiger partial charge >= 0.3 is 0 Å². The molecule has 0 unspecified atom stereocenters. The van der Waals surface area contributed by atoms with Crippen molar-refractivity contribution in [2.24, 2.45) is 0 Å². The number of hydrogen-bond donors (Lipinski definition) is 3. The predicted molar refractivity (Wildman–Crippen MR) is 59.4 cm³/mol. The molecule has 2 rings (SSSR count). The second-order valence-electron chi connectivity index (χ2n) is 2.80. The molecule has 3 N–H and O–H groups in total. The predicted octanol–water partition coefficient (Wildman–Crippen LogP) is 2.26. The van der Waals surface area contributed by atoms with Crippen LogP contribution >= 0.6 is 24.0 Å². The topological polar surface area (TPSA) is 46.2 Å². The van der Waals surface area contributed by atoms with Crippen molar-refractivity contribution in [1.82, 2.24) is 0 Å². The van der Waals surface area contributed by atoms with Crippen molar-refractivity contribution in [3.8, 4) is 0 Å². The molecular formula is C9H9NOS2. The Hall–Kier alpha value is -0.710. The van der Waals surface area contributed by atoms with Crippen LogP contribution in [0.5, 0.6) is 0 Å². The van der Waals surface area contributed by atoms with Crippen LogP contribution in [0.15, 0.2) is 22.4 Å². The maximum absolute atomic E-state index is 9.10. The summed E-state index contributed by atoms with van der Waals surface area (Å²) < 4.78 is 1.94. The highest BCUT2D eigenvalue weighted by molar-refractivity contribution is 7.83. The van der Waals surface area contributed by atoms with Crippen molar-refractivity contribution in [2.75, 3.05) is 5.73 Å². The van der Waals surface area contributed by atoms with Gasteiger partial charge in [0.2, 0.25) is 0 Å². The fourth-order valence-electron chi connectivity index (χ4n) is 1.31. The number of thiol groups is 1. The van der Waals surface area contributed by atoms with Crippen LogP contribution in [0.25, 0.3) is 10.1 Å². The summed E-state index contributed by atoms with van der Waals surface area (Å²) in [4.78, 5) is 0. The molecule has 0 saturated heterocycles. The van der Waals surface area contributed by atoms with E-state index in [2.05, 4.69) is 12.6 Å². The Morgan fingerprint density at radius 1 is 1.46 bits per heavy atom. The summed E-state index contributed by atoms with van der Waals surface area (Å²) in [7, 11) is 0. The normalized spacial score (nSPS) is 10.9. The van der Waals surface area contributed by atoms with Crippen LogP contribution in [0, 0.1) is 0 Å². The minimum Gasteiger partial charge on any atom is -0.399 e. The van der Waals surface area contributed by atoms with Crippen LogP contribution in [-0.4, -0.2) is 5.11 Å². The third kappa shape index (κ3) is 1.41. The van der Waals surface area contributed by atoms with Crippen LogP contribution < -0.4 is 5.73 Å². The molecule has 13 heavy (non-hydrogen) atoms. The SMILES string of the molecule is Nc1ccc2c(CO)c(S)sc2c1. The number of nitrogen functional groups attached to an aromatic ring is 1. The summed E-state index contributed by atoms with van der Waals surface area (Å²) in [6, 6.07) is 5.66. The molecule has 0 amide bonds. The molecule has 0 atom stereocenters. The minimum atomic E-state index is 0.0305. The van der Waals surface area contributed by atoms with E-state index in [1.165, 1.54) is 0 Å².